The number of hydrogen-bond acceptors (Lipinski definition) is 3. The highest BCUT2D eigenvalue weighted by Gasteiger charge is 1.95. The topological polar surface area (TPSA) is 25.8 Å². The number of unbranched alkanes of at least 4 members (excludes halogenated alkanes) is 1. The molecule has 0 fully saturated rings. The van der Waals surface area contributed by atoms with E-state index in [9.17, 15) is 0 Å². The monoisotopic (exact) mass is 182 g/mol. The van der Waals surface area contributed by atoms with Crippen LogP contribution in [0, 0.1) is 6.92 Å². The van der Waals surface area contributed by atoms with E-state index in [2.05, 4.69) is 22.6 Å². The van der Waals surface area contributed by atoms with Crippen molar-refractivity contribution in [3.05, 3.63) is 23.8 Å². The molecule has 0 spiro atoms. The van der Waals surface area contributed by atoms with Gasteiger partial charge in [-0.25, -0.2) is 9.97 Å². The van der Waals surface area contributed by atoms with Crippen LogP contribution in [-0.2, 0) is 6.42 Å². The molecule has 2 nitrogen and oxygen atoms in total. The summed E-state index contributed by atoms with van der Waals surface area (Å²) in [4.78, 5) is 8.48. The normalized spacial score (nSPS) is 10.2. The minimum absolute atomic E-state index is 0.950. The maximum Gasteiger partial charge on any atom is 0.128 e. The molecule has 0 bridgehead atoms. The third-order valence-electron chi connectivity index (χ3n) is 1.65. The van der Waals surface area contributed by atoms with Gasteiger partial charge in [-0.05, 0) is 31.6 Å². The molecule has 0 aliphatic rings. The van der Waals surface area contributed by atoms with Gasteiger partial charge in [-0.3, -0.25) is 0 Å². The Labute approximate surface area is 78.9 Å². The Balaban J connectivity index is 2.41. The van der Waals surface area contributed by atoms with Gasteiger partial charge in [-0.1, -0.05) is 0 Å². The maximum absolute atomic E-state index is 4.31. The predicted molar refractivity (Wildman–Crippen MR) is 53.6 cm³/mol. The predicted octanol–water partition coefficient (Wildman–Crippen LogP) is 2.04. The molecule has 3 heteroatoms. The first kappa shape index (κ1) is 9.52. The van der Waals surface area contributed by atoms with Gasteiger partial charge in [0.1, 0.15) is 5.82 Å². The molecular formula is C9H14N2S. The van der Waals surface area contributed by atoms with Crippen LogP contribution < -0.4 is 0 Å². The van der Waals surface area contributed by atoms with Crippen molar-refractivity contribution in [1.29, 1.82) is 0 Å². The zero-order valence-electron chi connectivity index (χ0n) is 7.32. The van der Waals surface area contributed by atoms with Crippen LogP contribution in [0.2, 0.25) is 0 Å². The molecule has 1 rings (SSSR count). The Hall–Kier alpha value is -0.570. The summed E-state index contributed by atoms with van der Waals surface area (Å²) in [7, 11) is 0. The van der Waals surface area contributed by atoms with E-state index in [4.69, 9.17) is 0 Å². The summed E-state index contributed by atoms with van der Waals surface area (Å²) in [6.45, 7) is 1.99. The van der Waals surface area contributed by atoms with Gasteiger partial charge in [-0.2, -0.15) is 12.6 Å². The molecule has 0 radical (unpaired) electrons. The van der Waals surface area contributed by atoms with Crippen molar-refractivity contribution >= 4 is 12.6 Å². The van der Waals surface area contributed by atoms with Crippen molar-refractivity contribution in [3.63, 3.8) is 0 Å². The second-order valence-electron chi connectivity index (χ2n) is 2.79. The molecule has 0 aliphatic carbocycles. The van der Waals surface area contributed by atoms with E-state index < -0.39 is 0 Å². The summed E-state index contributed by atoms with van der Waals surface area (Å²) >= 11 is 4.15. The first-order chi connectivity index (χ1) is 5.83. The molecule has 12 heavy (non-hydrogen) atoms. The molecule has 0 amide bonds. The molecule has 66 valence electrons. The molecule has 1 aromatic heterocycles. The van der Waals surface area contributed by atoms with Gasteiger partial charge in [0.2, 0.25) is 0 Å². The Morgan fingerprint density at radius 1 is 1.42 bits per heavy atom. The minimum atomic E-state index is 0.950. The second-order valence-corrected chi connectivity index (χ2v) is 3.24. The third kappa shape index (κ3) is 3.22. The van der Waals surface area contributed by atoms with Gasteiger partial charge >= 0.3 is 0 Å². The quantitative estimate of drug-likeness (QED) is 0.569. The van der Waals surface area contributed by atoms with Crippen LogP contribution in [0.5, 0.6) is 0 Å². The summed E-state index contributed by atoms with van der Waals surface area (Å²) in [5.74, 6) is 1.91. The van der Waals surface area contributed by atoms with Gasteiger partial charge < -0.3 is 0 Å². The van der Waals surface area contributed by atoms with Crippen molar-refractivity contribution in [2.24, 2.45) is 0 Å². The lowest BCUT2D eigenvalue weighted by Crippen LogP contribution is -1.96. The van der Waals surface area contributed by atoms with E-state index in [0.717, 1.165) is 36.5 Å². The number of aryl methyl sites for hydroxylation is 2. The molecular weight excluding hydrogens is 168 g/mol. The van der Waals surface area contributed by atoms with Crippen LogP contribution in [-0.4, -0.2) is 15.7 Å². The Morgan fingerprint density at radius 2 is 2.25 bits per heavy atom. The van der Waals surface area contributed by atoms with Gasteiger partial charge in [0, 0.05) is 18.3 Å². The maximum atomic E-state index is 4.31. The molecule has 1 aromatic rings. The number of aromatic nitrogens is 2. The van der Waals surface area contributed by atoms with Crippen LogP contribution in [0.15, 0.2) is 12.3 Å². The van der Waals surface area contributed by atoms with Crippen LogP contribution in [0.3, 0.4) is 0 Å². The minimum Gasteiger partial charge on any atom is -0.241 e. The molecule has 0 aliphatic heterocycles. The van der Waals surface area contributed by atoms with E-state index in [1.54, 1.807) is 0 Å². The molecule has 0 saturated heterocycles. The molecule has 0 atom stereocenters. The van der Waals surface area contributed by atoms with Gasteiger partial charge in [0.05, 0.1) is 0 Å². The highest BCUT2D eigenvalue weighted by Crippen LogP contribution is 2.00. The molecule has 0 unspecified atom stereocenters. The first-order valence-corrected chi connectivity index (χ1v) is 4.85. The van der Waals surface area contributed by atoms with Crippen molar-refractivity contribution < 1.29 is 0 Å². The van der Waals surface area contributed by atoms with Crippen molar-refractivity contribution in [1.82, 2.24) is 9.97 Å². The number of thiol groups is 1. The summed E-state index contributed by atoms with van der Waals surface area (Å²) < 4.78 is 0. The number of rotatable bonds is 4. The van der Waals surface area contributed by atoms with Crippen molar-refractivity contribution in [2.45, 2.75) is 26.2 Å². The van der Waals surface area contributed by atoms with Gasteiger partial charge in [-0.15, -0.1) is 0 Å². The van der Waals surface area contributed by atoms with Crippen LogP contribution in [0.4, 0.5) is 0 Å². The fourth-order valence-electron chi connectivity index (χ4n) is 1.02. The Kier molecular flexibility index (Phi) is 4.08. The van der Waals surface area contributed by atoms with Gasteiger partial charge in [0.15, 0.2) is 0 Å². The van der Waals surface area contributed by atoms with E-state index in [-0.39, 0.29) is 0 Å². The smallest absolute Gasteiger partial charge is 0.128 e. The Morgan fingerprint density at radius 3 is 2.92 bits per heavy atom. The lowest BCUT2D eigenvalue weighted by Gasteiger charge is -1.98. The summed E-state index contributed by atoms with van der Waals surface area (Å²) in [5, 5.41) is 0. The SMILES string of the molecule is Cc1ccnc(CCCCS)n1. The van der Waals surface area contributed by atoms with E-state index in [0.29, 0.717) is 0 Å². The summed E-state index contributed by atoms with van der Waals surface area (Å²) in [6, 6.07) is 1.92. The lowest BCUT2D eigenvalue weighted by molar-refractivity contribution is 0.754. The zero-order valence-corrected chi connectivity index (χ0v) is 8.22. The number of hydrogen-bond donors (Lipinski definition) is 1. The van der Waals surface area contributed by atoms with Gasteiger partial charge in [0.25, 0.3) is 0 Å². The van der Waals surface area contributed by atoms with E-state index >= 15 is 0 Å². The van der Waals surface area contributed by atoms with Crippen molar-refractivity contribution in [3.8, 4) is 0 Å². The fraction of sp³-hybridized carbons (Fsp3) is 0.556. The standard InChI is InChI=1S/C9H14N2S/c1-8-5-6-10-9(11-8)4-2-3-7-12/h5-6,12H,2-4,7H2,1H3. The first-order valence-electron chi connectivity index (χ1n) is 4.22. The highest BCUT2D eigenvalue weighted by atomic mass is 32.1. The summed E-state index contributed by atoms with van der Waals surface area (Å²) in [5.41, 5.74) is 1.05. The molecule has 0 aromatic carbocycles. The summed E-state index contributed by atoms with van der Waals surface area (Å²) in [6.07, 6.45) is 5.06. The average Bonchev–Trinajstić information content (AvgIpc) is 2.05. The largest absolute Gasteiger partial charge is 0.241 e. The fourth-order valence-corrected chi connectivity index (χ4v) is 1.24. The van der Waals surface area contributed by atoms with Crippen molar-refractivity contribution in [2.75, 3.05) is 5.75 Å². The third-order valence-corrected chi connectivity index (χ3v) is 1.97. The molecule has 1 heterocycles. The zero-order chi connectivity index (χ0) is 8.81. The van der Waals surface area contributed by atoms with E-state index in [1.165, 1.54) is 0 Å². The molecule has 0 N–H and O–H groups in total. The molecule has 0 saturated carbocycles. The highest BCUT2D eigenvalue weighted by molar-refractivity contribution is 7.80. The van der Waals surface area contributed by atoms with Crippen LogP contribution >= 0.6 is 12.6 Å². The number of nitrogens with zero attached hydrogens (tertiary/aromatic N) is 2. The Bertz CT molecular complexity index is 238. The second kappa shape index (κ2) is 5.14. The lowest BCUT2D eigenvalue weighted by atomic mass is 10.2. The average molecular weight is 182 g/mol. The van der Waals surface area contributed by atoms with E-state index in [1.807, 2.05) is 19.2 Å². The van der Waals surface area contributed by atoms with Crippen LogP contribution in [0.25, 0.3) is 0 Å². The van der Waals surface area contributed by atoms with Crippen LogP contribution in [0.1, 0.15) is 24.4 Å².